The van der Waals surface area contributed by atoms with Crippen LogP contribution in [0.4, 0.5) is 11.5 Å². The lowest BCUT2D eigenvalue weighted by Gasteiger charge is -2.35. The molecule has 5 rings (SSSR count). The highest BCUT2D eigenvalue weighted by Crippen LogP contribution is 2.34. The lowest BCUT2D eigenvalue weighted by Crippen LogP contribution is -2.39. The fourth-order valence-electron chi connectivity index (χ4n) is 5.10. The van der Waals surface area contributed by atoms with Gasteiger partial charge in [0.25, 0.3) is 5.91 Å². The van der Waals surface area contributed by atoms with Crippen LogP contribution in [0.1, 0.15) is 53.3 Å². The minimum Gasteiger partial charge on any atom is -0.355 e. The molecule has 4 heterocycles. The van der Waals surface area contributed by atoms with Gasteiger partial charge in [-0.3, -0.25) is 9.52 Å². The lowest BCUT2D eigenvalue weighted by atomic mass is 9.98. The van der Waals surface area contributed by atoms with Crippen LogP contribution in [-0.2, 0) is 10.0 Å². The van der Waals surface area contributed by atoms with E-state index in [2.05, 4.69) is 9.62 Å². The number of benzene rings is 1. The summed E-state index contributed by atoms with van der Waals surface area (Å²) >= 11 is 6.19. The molecule has 2 fully saturated rings. The Morgan fingerprint density at radius 2 is 2.00 bits per heavy atom. The predicted octanol–water partition coefficient (Wildman–Crippen LogP) is 2.97. The summed E-state index contributed by atoms with van der Waals surface area (Å²) in [5, 5.41) is 5.14. The molecular formula is C24H30ClN7O3S. The van der Waals surface area contributed by atoms with Crippen molar-refractivity contribution in [3.05, 3.63) is 52.3 Å². The van der Waals surface area contributed by atoms with Crippen LogP contribution in [0.3, 0.4) is 0 Å². The summed E-state index contributed by atoms with van der Waals surface area (Å²) in [5.41, 5.74) is 9.00. The van der Waals surface area contributed by atoms with E-state index >= 15 is 0 Å². The Kier molecular flexibility index (Phi) is 6.56. The number of anilines is 2. The highest BCUT2D eigenvalue weighted by Gasteiger charge is 2.32. The largest absolute Gasteiger partial charge is 0.355 e. The van der Waals surface area contributed by atoms with Crippen molar-refractivity contribution < 1.29 is 13.2 Å². The van der Waals surface area contributed by atoms with Gasteiger partial charge < -0.3 is 15.5 Å². The Morgan fingerprint density at radius 3 is 2.72 bits per heavy atom. The SMILES string of the molecule is Cc1cn2nc([C@H]3CCCCN3C(=O)c3cc(Cl)ccc3NS(C)(=O)=O)cc2nc1N1CC[C@H](N)C1. The number of nitrogens with zero attached hydrogens (tertiary/aromatic N) is 5. The van der Waals surface area contributed by atoms with Gasteiger partial charge in [0.2, 0.25) is 10.0 Å². The molecule has 0 unspecified atom stereocenters. The molecule has 2 saturated heterocycles. The molecule has 2 aliphatic rings. The number of hydrogen-bond donors (Lipinski definition) is 2. The molecule has 1 aromatic carbocycles. The van der Waals surface area contributed by atoms with E-state index in [9.17, 15) is 13.2 Å². The second-order valence-electron chi connectivity index (χ2n) is 9.69. The zero-order chi connectivity index (χ0) is 25.6. The van der Waals surface area contributed by atoms with Gasteiger partial charge in [-0.1, -0.05) is 11.6 Å². The van der Waals surface area contributed by atoms with Gasteiger partial charge >= 0.3 is 0 Å². The predicted molar refractivity (Wildman–Crippen MR) is 140 cm³/mol. The van der Waals surface area contributed by atoms with Gasteiger partial charge in [-0.05, 0) is 50.8 Å². The standard InChI is InChI=1S/C24H30ClN7O3S/c1-15-13-32-22(27-23(15)30-10-8-17(26)14-30)12-20(28-32)21-5-3-4-9-31(21)24(33)18-11-16(25)6-7-19(18)29-36(2,34)35/h6-7,11-13,17,21,29H,3-5,8-10,14,26H2,1-2H3/t17-,21+/m0/s1. The van der Waals surface area contributed by atoms with E-state index < -0.39 is 10.0 Å². The number of nitrogens with one attached hydrogen (secondary N) is 1. The molecule has 2 aromatic heterocycles. The number of aromatic nitrogens is 3. The number of nitrogens with two attached hydrogens (primary N) is 1. The number of aryl methyl sites for hydroxylation is 1. The fourth-order valence-corrected chi connectivity index (χ4v) is 5.85. The van der Waals surface area contributed by atoms with Gasteiger partial charge in [-0.25, -0.2) is 17.9 Å². The first-order valence-corrected chi connectivity index (χ1v) is 14.3. The molecule has 36 heavy (non-hydrogen) atoms. The molecule has 0 spiro atoms. The van der Waals surface area contributed by atoms with Gasteiger partial charge in [0.15, 0.2) is 5.65 Å². The first-order valence-electron chi connectivity index (χ1n) is 12.0. The highest BCUT2D eigenvalue weighted by molar-refractivity contribution is 7.92. The number of fused-ring (bicyclic) bond motifs is 1. The van der Waals surface area contributed by atoms with Crippen molar-refractivity contribution in [2.45, 2.75) is 44.7 Å². The number of likely N-dealkylation sites (tertiary alicyclic amines) is 1. The van der Waals surface area contributed by atoms with E-state index in [0.717, 1.165) is 62.1 Å². The molecule has 3 aromatic rings. The maximum Gasteiger partial charge on any atom is 0.256 e. The second-order valence-corrected chi connectivity index (χ2v) is 11.9. The summed E-state index contributed by atoms with van der Waals surface area (Å²) in [6, 6.07) is 6.40. The van der Waals surface area contributed by atoms with Crippen molar-refractivity contribution in [3.63, 3.8) is 0 Å². The first kappa shape index (κ1) is 24.8. The van der Waals surface area contributed by atoms with E-state index in [0.29, 0.717) is 17.2 Å². The van der Waals surface area contributed by atoms with Gasteiger partial charge in [-0.15, -0.1) is 0 Å². The Morgan fingerprint density at radius 1 is 1.19 bits per heavy atom. The number of hydrogen-bond acceptors (Lipinski definition) is 7. The van der Waals surface area contributed by atoms with Crippen molar-refractivity contribution >= 4 is 44.7 Å². The summed E-state index contributed by atoms with van der Waals surface area (Å²) in [7, 11) is -3.58. The van der Waals surface area contributed by atoms with Crippen molar-refractivity contribution in [1.82, 2.24) is 19.5 Å². The highest BCUT2D eigenvalue weighted by atomic mass is 35.5. The maximum absolute atomic E-state index is 13.7. The topological polar surface area (TPSA) is 126 Å². The number of carbonyl (C=O) groups excluding carboxylic acids is 1. The van der Waals surface area contributed by atoms with Crippen LogP contribution in [0, 0.1) is 6.92 Å². The van der Waals surface area contributed by atoms with Crippen LogP contribution in [0.15, 0.2) is 30.5 Å². The minimum atomic E-state index is -3.58. The average Bonchev–Trinajstić information content (AvgIpc) is 3.44. The molecular weight excluding hydrogens is 502 g/mol. The molecule has 2 atom stereocenters. The number of halogens is 1. The molecule has 0 radical (unpaired) electrons. The lowest BCUT2D eigenvalue weighted by molar-refractivity contribution is 0.0607. The molecule has 12 heteroatoms. The number of carbonyl (C=O) groups is 1. The third-order valence-electron chi connectivity index (χ3n) is 6.76. The van der Waals surface area contributed by atoms with Crippen LogP contribution in [0.2, 0.25) is 5.02 Å². The Labute approximate surface area is 215 Å². The Bertz CT molecular complexity index is 1420. The molecule has 2 aliphatic heterocycles. The van der Waals surface area contributed by atoms with Crippen LogP contribution >= 0.6 is 11.6 Å². The van der Waals surface area contributed by atoms with E-state index in [1.807, 2.05) is 19.2 Å². The molecule has 0 bridgehead atoms. The van der Waals surface area contributed by atoms with Crippen LogP contribution < -0.4 is 15.4 Å². The fraction of sp³-hybridized carbons (Fsp3) is 0.458. The maximum atomic E-state index is 13.7. The molecule has 0 aliphatic carbocycles. The number of rotatable bonds is 5. The van der Waals surface area contributed by atoms with Crippen molar-refractivity contribution in [1.29, 1.82) is 0 Å². The summed E-state index contributed by atoms with van der Waals surface area (Å²) in [6.45, 7) is 4.20. The van der Waals surface area contributed by atoms with Crippen LogP contribution in [0.25, 0.3) is 5.65 Å². The van der Waals surface area contributed by atoms with Crippen LogP contribution in [0.5, 0.6) is 0 Å². The average molecular weight is 532 g/mol. The number of piperidine rings is 1. The Balaban J connectivity index is 1.49. The van der Waals surface area contributed by atoms with Crippen LogP contribution in [-0.4, -0.2) is 65.8 Å². The van der Waals surface area contributed by atoms with Gasteiger partial charge in [-0.2, -0.15) is 5.10 Å². The summed E-state index contributed by atoms with van der Waals surface area (Å²) in [4.78, 5) is 22.6. The molecule has 10 nitrogen and oxygen atoms in total. The third kappa shape index (κ3) is 5.00. The molecule has 1 amide bonds. The smallest absolute Gasteiger partial charge is 0.256 e. The monoisotopic (exact) mass is 531 g/mol. The van der Waals surface area contributed by atoms with Crippen molar-refractivity contribution in [2.75, 3.05) is 35.5 Å². The quantitative estimate of drug-likeness (QED) is 0.518. The van der Waals surface area contributed by atoms with Crippen molar-refractivity contribution in [2.24, 2.45) is 5.73 Å². The van der Waals surface area contributed by atoms with E-state index in [-0.39, 0.29) is 29.2 Å². The molecule has 192 valence electrons. The zero-order valence-corrected chi connectivity index (χ0v) is 21.9. The minimum absolute atomic E-state index is 0.151. The molecule has 0 saturated carbocycles. The van der Waals surface area contributed by atoms with Gasteiger partial charge in [0.05, 0.1) is 29.2 Å². The first-order chi connectivity index (χ1) is 17.1. The van der Waals surface area contributed by atoms with E-state index in [1.165, 1.54) is 12.1 Å². The summed E-state index contributed by atoms with van der Waals surface area (Å²) < 4.78 is 28.0. The van der Waals surface area contributed by atoms with E-state index in [1.54, 1.807) is 15.5 Å². The van der Waals surface area contributed by atoms with Crippen molar-refractivity contribution in [3.8, 4) is 0 Å². The number of sulfonamides is 1. The summed E-state index contributed by atoms with van der Waals surface area (Å²) in [5.74, 6) is 0.621. The Hall–Kier alpha value is -2.89. The zero-order valence-electron chi connectivity index (χ0n) is 20.3. The second kappa shape index (κ2) is 9.53. The van der Waals surface area contributed by atoms with E-state index in [4.69, 9.17) is 27.4 Å². The third-order valence-corrected chi connectivity index (χ3v) is 7.59. The molecule has 3 N–H and O–H groups in total. The van der Waals surface area contributed by atoms with Gasteiger partial charge in [0.1, 0.15) is 5.82 Å². The summed E-state index contributed by atoms with van der Waals surface area (Å²) in [6.07, 6.45) is 6.51. The van der Waals surface area contributed by atoms with Gasteiger partial charge in [0, 0.05) is 48.5 Å². The number of amides is 1. The normalized spacial score (nSPS) is 20.8.